The summed E-state index contributed by atoms with van der Waals surface area (Å²) >= 11 is 0. The smallest absolute Gasteiger partial charge is 0.0461 e. The lowest BCUT2D eigenvalue weighted by Crippen LogP contribution is -2.30. The normalized spacial score (nSPS) is 17.2. The molecule has 0 aromatic heterocycles. The minimum Gasteiger partial charge on any atom is -0.311 e. The molecule has 1 fully saturated rings. The molecule has 5 aromatic carbocycles. The Labute approximate surface area is 294 Å². The van der Waals surface area contributed by atoms with Crippen LogP contribution in [0.25, 0.3) is 0 Å². The van der Waals surface area contributed by atoms with E-state index < -0.39 is 0 Å². The van der Waals surface area contributed by atoms with Crippen molar-refractivity contribution in [3.05, 3.63) is 173 Å². The summed E-state index contributed by atoms with van der Waals surface area (Å²) in [6.45, 7) is 8.78. The van der Waals surface area contributed by atoms with Crippen molar-refractivity contribution in [2.24, 2.45) is 5.92 Å². The van der Waals surface area contributed by atoms with Crippen LogP contribution in [0.1, 0.15) is 79.7 Å². The van der Waals surface area contributed by atoms with E-state index in [1.165, 1.54) is 100 Å². The third kappa shape index (κ3) is 7.01. The molecule has 0 aliphatic heterocycles. The summed E-state index contributed by atoms with van der Waals surface area (Å²) in [5, 5.41) is 0. The van der Waals surface area contributed by atoms with Crippen molar-refractivity contribution in [2.45, 2.75) is 78.1 Å². The van der Waals surface area contributed by atoms with Crippen LogP contribution in [0.5, 0.6) is 0 Å². The second-order valence-corrected chi connectivity index (χ2v) is 14.5. The Hall–Kier alpha value is -4.82. The average molecular weight is 643 g/mol. The van der Waals surface area contributed by atoms with Crippen LogP contribution in [-0.2, 0) is 5.41 Å². The van der Waals surface area contributed by atoms with Gasteiger partial charge in [-0.25, -0.2) is 0 Å². The van der Waals surface area contributed by atoms with Crippen LogP contribution in [0.2, 0.25) is 0 Å². The van der Waals surface area contributed by atoms with Crippen molar-refractivity contribution >= 4 is 28.4 Å². The Morgan fingerprint density at radius 2 is 0.878 bits per heavy atom. The van der Waals surface area contributed by atoms with Crippen LogP contribution < -0.4 is 9.80 Å². The van der Waals surface area contributed by atoms with E-state index in [1.807, 2.05) is 0 Å². The molecule has 2 aliphatic carbocycles. The zero-order chi connectivity index (χ0) is 33.8. The molecular weight excluding hydrogens is 593 g/mol. The minimum absolute atomic E-state index is 0.0134. The fourth-order valence-electron chi connectivity index (χ4n) is 7.82. The molecule has 2 heteroatoms. The summed E-state index contributed by atoms with van der Waals surface area (Å²) in [6, 6.07) is 45.7. The molecule has 1 atom stereocenters. The second-order valence-electron chi connectivity index (χ2n) is 14.5. The lowest BCUT2D eigenvalue weighted by Gasteiger charge is -2.39. The lowest BCUT2D eigenvalue weighted by atomic mass is 9.65. The molecule has 2 nitrogen and oxygen atoms in total. The Morgan fingerprint density at radius 1 is 0.490 bits per heavy atom. The molecule has 0 heterocycles. The average Bonchev–Trinajstić information content (AvgIpc) is 3.36. The summed E-state index contributed by atoms with van der Waals surface area (Å²) < 4.78 is 0. The first-order chi connectivity index (χ1) is 23.9. The van der Waals surface area contributed by atoms with Crippen LogP contribution in [-0.4, -0.2) is 0 Å². The number of hydrogen-bond donors (Lipinski definition) is 0. The molecule has 2 aliphatic rings. The van der Waals surface area contributed by atoms with E-state index in [0.29, 0.717) is 5.92 Å². The van der Waals surface area contributed by atoms with Gasteiger partial charge in [0, 0.05) is 39.5 Å². The zero-order valence-electron chi connectivity index (χ0n) is 29.7. The highest BCUT2D eigenvalue weighted by Gasteiger charge is 2.36. The molecule has 0 bridgehead atoms. The first kappa shape index (κ1) is 32.7. The van der Waals surface area contributed by atoms with Crippen molar-refractivity contribution in [3.63, 3.8) is 0 Å². The third-order valence-corrected chi connectivity index (χ3v) is 10.8. The topological polar surface area (TPSA) is 6.48 Å². The van der Waals surface area contributed by atoms with E-state index in [0.717, 1.165) is 6.42 Å². The SMILES string of the molecule is Cc1ccc(N(C2=CCCC(C)C=C2)c2ccc(C3(c4ccc(N(c5ccc(C)cc5)c5ccc(C)cc5)cc4)CCCCC3)cc2)cc1. The van der Waals surface area contributed by atoms with Gasteiger partial charge in [0.05, 0.1) is 0 Å². The molecule has 0 spiro atoms. The molecule has 0 saturated heterocycles. The van der Waals surface area contributed by atoms with E-state index in [9.17, 15) is 0 Å². The summed E-state index contributed by atoms with van der Waals surface area (Å²) in [5.41, 5.74) is 13.9. The Balaban J connectivity index is 1.24. The Bertz CT molecular complexity index is 1840. The third-order valence-electron chi connectivity index (χ3n) is 10.8. The van der Waals surface area contributed by atoms with Gasteiger partial charge in [-0.2, -0.15) is 0 Å². The van der Waals surface area contributed by atoms with Gasteiger partial charge in [-0.05, 0) is 130 Å². The molecule has 49 heavy (non-hydrogen) atoms. The molecule has 248 valence electrons. The maximum Gasteiger partial charge on any atom is 0.0461 e. The quantitative estimate of drug-likeness (QED) is 0.166. The second kappa shape index (κ2) is 14.3. The van der Waals surface area contributed by atoms with Gasteiger partial charge in [0.25, 0.3) is 0 Å². The molecule has 1 unspecified atom stereocenters. The predicted molar refractivity (Wildman–Crippen MR) is 210 cm³/mol. The molecule has 0 radical (unpaired) electrons. The standard InChI is InChI=1S/C47H50N2/c1-35-9-8-10-41(22-11-35)48(42-23-12-36(2)13-24-42)45-29-18-39(19-30-45)47(33-6-5-7-34-47)40-20-31-46(32-21-40)49(43-25-14-37(3)15-26-43)44-27-16-38(4)17-28-44/h10-32,35H,5-9,33-34H2,1-4H3. The first-order valence-electron chi connectivity index (χ1n) is 18.3. The molecular formula is C47H50N2. The van der Waals surface area contributed by atoms with Gasteiger partial charge in [0.15, 0.2) is 0 Å². The van der Waals surface area contributed by atoms with Crippen molar-refractivity contribution in [1.29, 1.82) is 0 Å². The van der Waals surface area contributed by atoms with Gasteiger partial charge in [-0.1, -0.05) is 116 Å². The number of hydrogen-bond acceptors (Lipinski definition) is 2. The van der Waals surface area contributed by atoms with Crippen molar-refractivity contribution in [3.8, 4) is 0 Å². The van der Waals surface area contributed by atoms with Crippen molar-refractivity contribution in [2.75, 3.05) is 9.80 Å². The number of rotatable bonds is 8. The van der Waals surface area contributed by atoms with Crippen LogP contribution >= 0.6 is 0 Å². The molecule has 1 saturated carbocycles. The predicted octanol–water partition coefficient (Wildman–Crippen LogP) is 13.3. The zero-order valence-corrected chi connectivity index (χ0v) is 29.7. The fourth-order valence-corrected chi connectivity index (χ4v) is 7.82. The van der Waals surface area contributed by atoms with Gasteiger partial charge >= 0.3 is 0 Å². The highest BCUT2D eigenvalue weighted by molar-refractivity contribution is 5.77. The van der Waals surface area contributed by atoms with Crippen LogP contribution in [0, 0.1) is 26.7 Å². The molecule has 0 N–H and O–H groups in total. The van der Waals surface area contributed by atoms with Crippen LogP contribution in [0.15, 0.2) is 145 Å². The Morgan fingerprint density at radius 3 is 1.31 bits per heavy atom. The minimum atomic E-state index is 0.0134. The number of nitrogens with zero attached hydrogens (tertiary/aromatic N) is 2. The van der Waals surface area contributed by atoms with Gasteiger partial charge in [0.1, 0.15) is 0 Å². The van der Waals surface area contributed by atoms with E-state index in [4.69, 9.17) is 0 Å². The molecule has 0 amide bonds. The van der Waals surface area contributed by atoms with Gasteiger partial charge < -0.3 is 9.80 Å². The van der Waals surface area contributed by atoms with E-state index in [-0.39, 0.29) is 5.41 Å². The van der Waals surface area contributed by atoms with Crippen LogP contribution in [0.4, 0.5) is 28.4 Å². The van der Waals surface area contributed by atoms with Crippen molar-refractivity contribution < 1.29 is 0 Å². The van der Waals surface area contributed by atoms with Gasteiger partial charge in [0.2, 0.25) is 0 Å². The summed E-state index contributed by atoms with van der Waals surface area (Å²) in [5.74, 6) is 0.592. The van der Waals surface area contributed by atoms with E-state index in [1.54, 1.807) is 0 Å². The van der Waals surface area contributed by atoms with Gasteiger partial charge in [-0.3, -0.25) is 0 Å². The molecule has 7 rings (SSSR count). The van der Waals surface area contributed by atoms with Gasteiger partial charge in [-0.15, -0.1) is 0 Å². The number of anilines is 5. The maximum atomic E-state index is 2.44. The number of benzene rings is 5. The highest BCUT2D eigenvalue weighted by atomic mass is 15.1. The number of allylic oxidation sites excluding steroid dienone is 3. The van der Waals surface area contributed by atoms with E-state index in [2.05, 4.69) is 177 Å². The monoisotopic (exact) mass is 642 g/mol. The molecule has 5 aromatic rings. The fraction of sp³-hybridized carbons (Fsp3) is 0.277. The lowest BCUT2D eigenvalue weighted by molar-refractivity contribution is 0.346. The number of aryl methyl sites for hydroxylation is 3. The van der Waals surface area contributed by atoms with Crippen LogP contribution in [0.3, 0.4) is 0 Å². The van der Waals surface area contributed by atoms with Crippen molar-refractivity contribution in [1.82, 2.24) is 0 Å². The van der Waals surface area contributed by atoms with E-state index >= 15 is 0 Å². The summed E-state index contributed by atoms with van der Waals surface area (Å²) in [7, 11) is 0. The summed E-state index contributed by atoms with van der Waals surface area (Å²) in [6.07, 6.45) is 15.6. The first-order valence-corrected chi connectivity index (χ1v) is 18.3. The largest absolute Gasteiger partial charge is 0.311 e. The Kier molecular flexibility index (Phi) is 9.58. The highest BCUT2D eigenvalue weighted by Crippen LogP contribution is 2.47. The maximum absolute atomic E-state index is 2.44. The summed E-state index contributed by atoms with van der Waals surface area (Å²) in [4.78, 5) is 4.81.